The highest BCUT2D eigenvalue weighted by molar-refractivity contribution is 5.76. The van der Waals surface area contributed by atoms with Crippen LogP contribution in [0.3, 0.4) is 0 Å². The van der Waals surface area contributed by atoms with Crippen LogP contribution >= 0.6 is 0 Å². The second-order valence-electron chi connectivity index (χ2n) is 7.73. The van der Waals surface area contributed by atoms with Gasteiger partial charge in [0.1, 0.15) is 0 Å². The molecule has 0 radical (unpaired) electrons. The Kier molecular flexibility index (Phi) is 6.88. The van der Waals surface area contributed by atoms with Crippen molar-refractivity contribution in [2.45, 2.75) is 51.1 Å². The molecule has 1 N–H and O–H groups in total. The van der Waals surface area contributed by atoms with Crippen molar-refractivity contribution in [2.24, 2.45) is 5.92 Å². The number of nitrogens with zero attached hydrogens (tertiary/aromatic N) is 2. The third-order valence-electron chi connectivity index (χ3n) is 5.97. The van der Waals surface area contributed by atoms with Crippen molar-refractivity contribution in [3.8, 4) is 0 Å². The van der Waals surface area contributed by atoms with Gasteiger partial charge in [0.25, 0.3) is 0 Å². The van der Waals surface area contributed by atoms with Crippen molar-refractivity contribution in [1.82, 2.24) is 15.1 Å². The van der Waals surface area contributed by atoms with Gasteiger partial charge in [0.15, 0.2) is 0 Å². The first-order valence-corrected chi connectivity index (χ1v) is 9.95. The maximum atomic E-state index is 12.6. The van der Waals surface area contributed by atoms with Gasteiger partial charge in [-0.2, -0.15) is 0 Å². The van der Waals surface area contributed by atoms with E-state index in [0.29, 0.717) is 11.9 Å². The van der Waals surface area contributed by atoms with Gasteiger partial charge in [-0.15, -0.1) is 0 Å². The van der Waals surface area contributed by atoms with Crippen LogP contribution in [0, 0.1) is 5.92 Å². The molecule has 25 heavy (non-hydrogen) atoms. The molecule has 0 aromatic heterocycles. The minimum Gasteiger partial charge on any atom is -0.343 e. The molecule has 1 aromatic rings. The van der Waals surface area contributed by atoms with Crippen LogP contribution in [0.1, 0.15) is 44.1 Å². The van der Waals surface area contributed by atoms with E-state index < -0.39 is 0 Å². The molecule has 138 valence electrons. The molecule has 2 aliphatic rings. The normalized spacial score (nSPS) is 20.5. The van der Waals surface area contributed by atoms with Crippen molar-refractivity contribution in [1.29, 1.82) is 0 Å². The van der Waals surface area contributed by atoms with Gasteiger partial charge < -0.3 is 10.2 Å². The van der Waals surface area contributed by atoms with Gasteiger partial charge in [0.2, 0.25) is 5.91 Å². The number of amides is 1. The highest BCUT2D eigenvalue weighted by atomic mass is 16.2. The average molecular weight is 344 g/mol. The quantitative estimate of drug-likeness (QED) is 0.863. The molecule has 0 saturated carbocycles. The second kappa shape index (κ2) is 9.35. The van der Waals surface area contributed by atoms with Crippen LogP contribution in [0.15, 0.2) is 30.3 Å². The number of hydrogen-bond acceptors (Lipinski definition) is 3. The number of hydrogen-bond donors (Lipinski definition) is 1. The Morgan fingerprint density at radius 3 is 2.48 bits per heavy atom. The molecule has 1 amide bonds. The summed E-state index contributed by atoms with van der Waals surface area (Å²) in [5.74, 6) is 1.09. The monoisotopic (exact) mass is 343 g/mol. The van der Waals surface area contributed by atoms with Gasteiger partial charge in [-0.25, -0.2) is 0 Å². The Balaban J connectivity index is 1.38. The molecule has 2 aliphatic heterocycles. The average Bonchev–Trinajstić information content (AvgIpc) is 2.68. The molecular formula is C21H33N3O. The lowest BCUT2D eigenvalue weighted by Gasteiger charge is -2.37. The summed E-state index contributed by atoms with van der Waals surface area (Å²) in [6.07, 6.45) is 6.46. The van der Waals surface area contributed by atoms with E-state index >= 15 is 0 Å². The lowest BCUT2D eigenvalue weighted by molar-refractivity contribution is -0.133. The van der Waals surface area contributed by atoms with E-state index in [0.717, 1.165) is 64.3 Å². The first-order chi connectivity index (χ1) is 12.2. The van der Waals surface area contributed by atoms with Gasteiger partial charge in [0, 0.05) is 39.1 Å². The number of carbonyl (C=O) groups excluding carboxylic acids is 1. The van der Waals surface area contributed by atoms with E-state index in [9.17, 15) is 4.79 Å². The van der Waals surface area contributed by atoms with Crippen LogP contribution in [0.25, 0.3) is 0 Å². The zero-order chi connectivity index (χ0) is 17.5. The third kappa shape index (κ3) is 5.55. The largest absolute Gasteiger partial charge is 0.343 e. The molecule has 4 nitrogen and oxygen atoms in total. The molecule has 4 heteroatoms. The zero-order valence-corrected chi connectivity index (χ0v) is 15.6. The molecule has 0 unspecified atom stereocenters. The fourth-order valence-electron chi connectivity index (χ4n) is 4.18. The topological polar surface area (TPSA) is 35.6 Å². The molecule has 0 bridgehead atoms. The maximum Gasteiger partial charge on any atom is 0.222 e. The van der Waals surface area contributed by atoms with Crippen molar-refractivity contribution < 1.29 is 4.79 Å². The minimum atomic E-state index is 0.347. The number of likely N-dealkylation sites (tertiary alicyclic amines) is 1. The number of benzene rings is 1. The van der Waals surface area contributed by atoms with Crippen LogP contribution in [0.4, 0.5) is 0 Å². The Bertz CT molecular complexity index is 519. The second-order valence-corrected chi connectivity index (χ2v) is 7.73. The van der Waals surface area contributed by atoms with Crippen molar-refractivity contribution in [3.63, 3.8) is 0 Å². The van der Waals surface area contributed by atoms with E-state index in [1.807, 2.05) is 11.9 Å². The van der Waals surface area contributed by atoms with Gasteiger partial charge in [-0.3, -0.25) is 9.69 Å². The highest BCUT2D eigenvalue weighted by Crippen LogP contribution is 2.21. The van der Waals surface area contributed by atoms with Crippen molar-refractivity contribution >= 4 is 5.91 Å². The first-order valence-electron chi connectivity index (χ1n) is 9.95. The predicted octanol–water partition coefficient (Wildman–Crippen LogP) is 2.89. The van der Waals surface area contributed by atoms with E-state index in [1.165, 1.54) is 18.4 Å². The molecule has 1 aromatic carbocycles. The fourth-order valence-corrected chi connectivity index (χ4v) is 4.18. The van der Waals surface area contributed by atoms with Gasteiger partial charge >= 0.3 is 0 Å². The summed E-state index contributed by atoms with van der Waals surface area (Å²) >= 11 is 0. The molecule has 2 saturated heterocycles. The van der Waals surface area contributed by atoms with Crippen LogP contribution < -0.4 is 5.32 Å². The molecule has 2 fully saturated rings. The van der Waals surface area contributed by atoms with Crippen molar-refractivity contribution in [2.75, 3.05) is 33.2 Å². The van der Waals surface area contributed by atoms with Crippen LogP contribution in [-0.4, -0.2) is 55.0 Å². The fraction of sp³-hybridized carbons (Fsp3) is 0.667. The standard InChI is InChI=1S/C21H33N3O/c1-23(21(25)8-7-18-9-13-22-14-10-18)20-11-15-24(16-12-20)17-19-5-3-2-4-6-19/h2-6,18,20,22H,7-17H2,1H3. The lowest BCUT2D eigenvalue weighted by Crippen LogP contribution is -2.45. The number of carbonyl (C=O) groups is 1. The molecule has 3 rings (SSSR count). The van der Waals surface area contributed by atoms with Gasteiger partial charge in [-0.05, 0) is 56.7 Å². The molecule has 0 atom stereocenters. The van der Waals surface area contributed by atoms with E-state index in [1.54, 1.807) is 0 Å². The lowest BCUT2D eigenvalue weighted by atomic mass is 9.92. The molecule has 0 spiro atoms. The smallest absolute Gasteiger partial charge is 0.222 e. The third-order valence-corrected chi connectivity index (χ3v) is 5.97. The van der Waals surface area contributed by atoms with Crippen LogP contribution in [0.5, 0.6) is 0 Å². The van der Waals surface area contributed by atoms with Crippen LogP contribution in [0.2, 0.25) is 0 Å². The number of piperidine rings is 2. The number of rotatable bonds is 6. The number of nitrogens with one attached hydrogen (secondary N) is 1. The summed E-state index contributed by atoms with van der Waals surface area (Å²) in [5, 5.41) is 3.40. The Hall–Kier alpha value is -1.39. The Morgan fingerprint density at radius 1 is 1.12 bits per heavy atom. The first kappa shape index (κ1) is 18.4. The minimum absolute atomic E-state index is 0.347. The summed E-state index contributed by atoms with van der Waals surface area (Å²) in [7, 11) is 2.02. The van der Waals surface area contributed by atoms with E-state index in [-0.39, 0.29) is 0 Å². The van der Waals surface area contributed by atoms with Gasteiger partial charge in [0.05, 0.1) is 0 Å². The zero-order valence-electron chi connectivity index (χ0n) is 15.6. The summed E-state index contributed by atoms with van der Waals surface area (Å²) in [6, 6.07) is 11.1. The summed E-state index contributed by atoms with van der Waals surface area (Å²) < 4.78 is 0. The summed E-state index contributed by atoms with van der Waals surface area (Å²) in [5.41, 5.74) is 1.38. The Morgan fingerprint density at radius 2 is 1.80 bits per heavy atom. The van der Waals surface area contributed by atoms with Crippen LogP contribution in [-0.2, 0) is 11.3 Å². The highest BCUT2D eigenvalue weighted by Gasteiger charge is 2.25. The van der Waals surface area contributed by atoms with E-state index in [2.05, 4.69) is 40.5 Å². The van der Waals surface area contributed by atoms with Crippen molar-refractivity contribution in [3.05, 3.63) is 35.9 Å². The Labute approximate surface area is 152 Å². The molecular weight excluding hydrogens is 310 g/mol. The molecule has 0 aliphatic carbocycles. The summed E-state index contributed by atoms with van der Waals surface area (Å²) in [4.78, 5) is 17.1. The predicted molar refractivity (Wildman–Crippen MR) is 102 cm³/mol. The summed E-state index contributed by atoms with van der Waals surface area (Å²) in [6.45, 7) is 5.45. The molecule has 2 heterocycles. The maximum absolute atomic E-state index is 12.6. The van der Waals surface area contributed by atoms with E-state index in [4.69, 9.17) is 0 Å². The van der Waals surface area contributed by atoms with Gasteiger partial charge in [-0.1, -0.05) is 30.3 Å². The SMILES string of the molecule is CN(C(=O)CCC1CCNCC1)C1CCN(Cc2ccccc2)CC1.